The Bertz CT molecular complexity index is 2620. The highest BCUT2D eigenvalue weighted by molar-refractivity contribution is 7.00. The van der Waals surface area contributed by atoms with Gasteiger partial charge < -0.3 is 14.7 Å². The van der Waals surface area contributed by atoms with Gasteiger partial charge in [-0.15, -0.1) is 0 Å². The van der Waals surface area contributed by atoms with Crippen LogP contribution in [0, 0.1) is 47.3 Å². The fourth-order valence-corrected chi connectivity index (χ4v) is 20.4. The Morgan fingerprint density at radius 3 is 1.23 bits per heavy atom. The molecule has 5 aromatic rings. The number of hydrogen-bond acceptors (Lipinski definition) is 3. The molecule has 0 amide bonds. The van der Waals surface area contributed by atoms with E-state index in [-0.39, 0.29) is 28.6 Å². The van der Waals surface area contributed by atoms with Gasteiger partial charge in [0.2, 0.25) is 0 Å². The van der Waals surface area contributed by atoms with Crippen LogP contribution in [0.1, 0.15) is 142 Å². The van der Waals surface area contributed by atoms with Crippen LogP contribution in [-0.4, -0.2) is 17.8 Å². The molecule has 4 aliphatic heterocycles. The third-order valence-electron chi connectivity index (χ3n) is 22.8. The summed E-state index contributed by atoms with van der Waals surface area (Å²) in [6, 6.07) is 43.8. The van der Waals surface area contributed by atoms with Crippen LogP contribution in [0.4, 0.5) is 39.8 Å². The first-order valence-electron chi connectivity index (χ1n) is 27.3. The fraction of sp³-hybridized carbons (Fsp3) is 0.516. The maximum Gasteiger partial charge on any atom is 0.252 e. The minimum atomic E-state index is -0.0309. The topological polar surface area (TPSA) is 9.72 Å². The molecule has 0 saturated heterocycles. The van der Waals surface area contributed by atoms with E-state index in [9.17, 15) is 0 Å². The monoisotopic (exact) mass is 868 g/mol. The largest absolute Gasteiger partial charge is 0.335 e. The molecule has 12 atom stereocenters. The average Bonchev–Trinajstić information content (AvgIpc) is 3.73. The Morgan fingerprint density at radius 1 is 0.424 bits per heavy atom. The maximum absolute atomic E-state index is 3.13. The van der Waals surface area contributed by atoms with Crippen molar-refractivity contribution in [2.45, 2.75) is 152 Å². The van der Waals surface area contributed by atoms with Crippen LogP contribution in [0.2, 0.25) is 0 Å². The third kappa shape index (κ3) is 4.48. The Hall–Kier alpha value is -4.44. The van der Waals surface area contributed by atoms with Crippen LogP contribution in [0.3, 0.4) is 0 Å². The van der Waals surface area contributed by atoms with Gasteiger partial charge in [0, 0.05) is 45.0 Å². The zero-order chi connectivity index (χ0) is 43.9. The van der Waals surface area contributed by atoms with Crippen molar-refractivity contribution < 1.29 is 0 Å². The minimum Gasteiger partial charge on any atom is -0.335 e. The molecule has 66 heavy (non-hydrogen) atoms. The molecule has 6 saturated carbocycles. The standard InChI is InChI=1S/C62H70BN3/c1-59-46-29-15-11-25-42(46)44-27-13-17-31-48(44)61(59,3)65-54-37-41(64(39-21-7-5-8-22-39)40-23-9-6-10-24-40)38-55-56(54)63(52-35-19-33-50(59)57(52)65)53-36-20-34-51-58(53)66(55)62(4)49-32-18-14-28-45(49)43-26-12-16-30-47(43)60(51,62)2/h5-10,19-24,33-38,42-49H,11-18,25-32H2,1-4H3. The molecule has 0 radical (unpaired) electrons. The summed E-state index contributed by atoms with van der Waals surface area (Å²) in [5, 5.41) is 0. The van der Waals surface area contributed by atoms with Crippen molar-refractivity contribution in [1.29, 1.82) is 0 Å². The number of para-hydroxylation sites is 4. The summed E-state index contributed by atoms with van der Waals surface area (Å²) in [5.41, 5.74) is 18.3. The second-order valence-electron chi connectivity index (χ2n) is 24.4. The smallest absolute Gasteiger partial charge is 0.252 e. The van der Waals surface area contributed by atoms with Crippen molar-refractivity contribution in [3.8, 4) is 0 Å². The third-order valence-corrected chi connectivity index (χ3v) is 22.8. The first kappa shape index (κ1) is 39.5. The summed E-state index contributed by atoms with van der Waals surface area (Å²) in [6.45, 7) is 11.5. The molecule has 4 heterocycles. The molecule has 10 aliphatic rings. The van der Waals surface area contributed by atoms with Crippen LogP contribution in [0.15, 0.2) is 109 Å². The van der Waals surface area contributed by atoms with E-state index >= 15 is 0 Å². The van der Waals surface area contributed by atoms with Gasteiger partial charge in [-0.3, -0.25) is 0 Å². The second-order valence-corrected chi connectivity index (χ2v) is 24.4. The predicted octanol–water partition coefficient (Wildman–Crippen LogP) is 13.9. The van der Waals surface area contributed by atoms with E-state index in [4.69, 9.17) is 0 Å². The molecule has 12 unspecified atom stereocenters. The summed E-state index contributed by atoms with van der Waals surface area (Å²) in [6.07, 6.45) is 22.5. The molecule has 0 spiro atoms. The van der Waals surface area contributed by atoms with E-state index in [1.165, 1.54) is 131 Å². The van der Waals surface area contributed by atoms with E-state index in [2.05, 4.69) is 152 Å². The number of nitrogens with zero attached hydrogens (tertiary/aromatic N) is 3. The normalized spacial score (nSPS) is 38.1. The summed E-state index contributed by atoms with van der Waals surface area (Å²) in [4.78, 5) is 8.88. The molecule has 0 N–H and O–H groups in total. The van der Waals surface area contributed by atoms with Crippen molar-refractivity contribution in [1.82, 2.24) is 0 Å². The zero-order valence-electron chi connectivity index (χ0n) is 40.2. The molecule has 3 nitrogen and oxygen atoms in total. The summed E-state index contributed by atoms with van der Waals surface area (Å²) >= 11 is 0. The summed E-state index contributed by atoms with van der Waals surface area (Å²) in [7, 11) is 0. The van der Waals surface area contributed by atoms with Crippen molar-refractivity contribution in [2.75, 3.05) is 14.7 Å². The lowest BCUT2D eigenvalue weighted by molar-refractivity contribution is -0.0770. The highest BCUT2D eigenvalue weighted by Crippen LogP contribution is 2.74. The Morgan fingerprint density at radius 2 is 0.803 bits per heavy atom. The van der Waals surface area contributed by atoms with Gasteiger partial charge >= 0.3 is 0 Å². The van der Waals surface area contributed by atoms with Gasteiger partial charge in [-0.1, -0.05) is 138 Å². The molecule has 336 valence electrons. The molecule has 0 aromatic heterocycles. The Kier molecular flexibility index (Phi) is 8.17. The quantitative estimate of drug-likeness (QED) is 0.167. The van der Waals surface area contributed by atoms with Gasteiger partial charge in [0.15, 0.2) is 0 Å². The van der Waals surface area contributed by atoms with Gasteiger partial charge in [0.25, 0.3) is 6.71 Å². The van der Waals surface area contributed by atoms with Crippen LogP contribution in [0.25, 0.3) is 0 Å². The number of benzene rings is 5. The van der Waals surface area contributed by atoms with Crippen molar-refractivity contribution in [3.05, 3.63) is 120 Å². The molecular weight excluding hydrogens is 798 g/mol. The molecule has 4 heteroatoms. The molecule has 15 rings (SSSR count). The van der Waals surface area contributed by atoms with Gasteiger partial charge in [0.1, 0.15) is 0 Å². The summed E-state index contributed by atoms with van der Waals surface area (Å²) in [5.74, 6) is 6.11. The SMILES string of the molecule is CC12c3cccc4c3N(c3cc(N(c5ccccc5)c5ccccc5)cc5c3B4c3cccc4c3N5C3(C)C5CCCCC5C5CCCCC5C43C)C1(C)C1CCCCC1C1CCCCC12. The number of anilines is 7. The van der Waals surface area contributed by atoms with Crippen LogP contribution in [0.5, 0.6) is 0 Å². The van der Waals surface area contributed by atoms with E-state index < -0.39 is 0 Å². The Balaban J connectivity index is 1.07. The lowest BCUT2D eigenvalue weighted by Gasteiger charge is -2.66. The molecule has 6 aliphatic carbocycles. The lowest BCUT2D eigenvalue weighted by Crippen LogP contribution is -2.72. The fourth-order valence-electron chi connectivity index (χ4n) is 20.4. The predicted molar refractivity (Wildman–Crippen MR) is 276 cm³/mol. The second kappa shape index (κ2) is 13.6. The van der Waals surface area contributed by atoms with Gasteiger partial charge in [0.05, 0.1) is 16.8 Å². The molecular formula is C62H70BN3. The van der Waals surface area contributed by atoms with Crippen molar-refractivity contribution in [2.24, 2.45) is 47.3 Å². The first-order valence-corrected chi connectivity index (χ1v) is 27.3. The zero-order valence-corrected chi connectivity index (χ0v) is 40.2. The van der Waals surface area contributed by atoms with Crippen LogP contribution < -0.4 is 31.1 Å². The van der Waals surface area contributed by atoms with Gasteiger partial charge in [-0.05, 0) is 176 Å². The van der Waals surface area contributed by atoms with E-state index in [0.717, 1.165) is 35.5 Å². The average molecular weight is 868 g/mol. The van der Waals surface area contributed by atoms with Gasteiger partial charge in [-0.2, -0.15) is 0 Å². The highest BCUT2D eigenvalue weighted by Gasteiger charge is 2.74. The Labute approximate surface area is 395 Å². The summed E-state index contributed by atoms with van der Waals surface area (Å²) < 4.78 is 0. The minimum absolute atomic E-state index is 0.0309. The maximum atomic E-state index is 3.13. The van der Waals surface area contributed by atoms with E-state index in [1.54, 1.807) is 38.9 Å². The number of fused-ring (bicyclic) bond motifs is 20. The number of rotatable bonds is 3. The van der Waals surface area contributed by atoms with Gasteiger partial charge in [-0.25, -0.2) is 0 Å². The number of hydrogen-bond donors (Lipinski definition) is 0. The lowest BCUT2D eigenvalue weighted by atomic mass is 9.33. The molecule has 6 fully saturated rings. The first-order chi connectivity index (χ1) is 32.3. The van der Waals surface area contributed by atoms with Crippen molar-refractivity contribution >= 4 is 62.9 Å². The van der Waals surface area contributed by atoms with E-state index in [0.29, 0.717) is 11.8 Å². The molecule has 5 aromatic carbocycles. The molecule has 0 bridgehead atoms. The van der Waals surface area contributed by atoms with Crippen LogP contribution >= 0.6 is 0 Å². The van der Waals surface area contributed by atoms with Crippen LogP contribution in [-0.2, 0) is 10.8 Å². The highest BCUT2D eigenvalue weighted by atomic mass is 15.3. The van der Waals surface area contributed by atoms with Crippen molar-refractivity contribution in [3.63, 3.8) is 0 Å². The van der Waals surface area contributed by atoms with E-state index in [1.807, 2.05) is 0 Å².